The zero-order valence-electron chi connectivity index (χ0n) is 9.97. The Labute approximate surface area is 109 Å². The van der Waals surface area contributed by atoms with E-state index in [2.05, 4.69) is 4.98 Å². The summed E-state index contributed by atoms with van der Waals surface area (Å²) in [5.41, 5.74) is 6.76. The molecule has 92 valence electrons. The number of aromatic nitrogens is 1. The Kier molecular flexibility index (Phi) is 3.91. The van der Waals surface area contributed by atoms with Crippen LogP contribution in [0.3, 0.4) is 0 Å². The summed E-state index contributed by atoms with van der Waals surface area (Å²) in [4.78, 5) is 5.52. The summed E-state index contributed by atoms with van der Waals surface area (Å²) < 4.78 is 5.45. The predicted octanol–water partition coefficient (Wildman–Crippen LogP) is 3.37. The van der Waals surface area contributed by atoms with Crippen molar-refractivity contribution in [3.05, 3.63) is 29.5 Å². The van der Waals surface area contributed by atoms with Crippen LogP contribution in [0.2, 0.25) is 0 Å². The highest BCUT2D eigenvalue weighted by Crippen LogP contribution is 2.25. The maximum atomic E-state index is 5.92. The number of hydrogen-bond acceptors (Lipinski definition) is 5. The van der Waals surface area contributed by atoms with Crippen molar-refractivity contribution in [1.82, 2.24) is 4.98 Å². The smallest absolute Gasteiger partial charge is 0.236 e. The van der Waals surface area contributed by atoms with Crippen LogP contribution in [0.5, 0.6) is 0 Å². The summed E-state index contributed by atoms with van der Waals surface area (Å²) in [6, 6.07) is 4.01. The van der Waals surface area contributed by atoms with Crippen LogP contribution < -0.4 is 5.73 Å². The Bertz CT molecular complexity index is 457. The molecule has 2 N–H and O–H groups in total. The van der Waals surface area contributed by atoms with Gasteiger partial charge in [-0.2, -0.15) is 11.8 Å². The molecule has 5 heteroatoms. The molecule has 0 saturated carbocycles. The van der Waals surface area contributed by atoms with Gasteiger partial charge in [0.05, 0.1) is 10.6 Å². The van der Waals surface area contributed by atoms with Gasteiger partial charge in [-0.05, 0) is 25.3 Å². The van der Waals surface area contributed by atoms with Crippen LogP contribution in [-0.2, 0) is 5.75 Å². The van der Waals surface area contributed by atoms with Crippen LogP contribution in [0.25, 0.3) is 10.8 Å². The molecule has 0 aliphatic rings. The van der Waals surface area contributed by atoms with Crippen LogP contribution in [0, 0.1) is 0 Å². The van der Waals surface area contributed by atoms with Gasteiger partial charge in [0.1, 0.15) is 6.26 Å². The molecule has 2 rings (SSSR count). The summed E-state index contributed by atoms with van der Waals surface area (Å²) in [7, 11) is 0. The van der Waals surface area contributed by atoms with Crippen molar-refractivity contribution in [2.75, 3.05) is 5.75 Å². The molecule has 0 saturated heterocycles. The summed E-state index contributed by atoms with van der Waals surface area (Å²) >= 11 is 3.41. The fourth-order valence-electron chi connectivity index (χ4n) is 1.31. The van der Waals surface area contributed by atoms with Gasteiger partial charge < -0.3 is 10.2 Å². The zero-order chi connectivity index (χ0) is 12.3. The van der Waals surface area contributed by atoms with E-state index in [-0.39, 0.29) is 5.54 Å². The van der Waals surface area contributed by atoms with Crippen molar-refractivity contribution in [2.45, 2.75) is 25.1 Å². The Morgan fingerprint density at radius 2 is 2.35 bits per heavy atom. The summed E-state index contributed by atoms with van der Waals surface area (Å²) in [6.07, 6.45) is 1.73. The molecule has 0 aliphatic carbocycles. The van der Waals surface area contributed by atoms with E-state index in [9.17, 15) is 0 Å². The van der Waals surface area contributed by atoms with E-state index < -0.39 is 0 Å². The van der Waals surface area contributed by atoms with Crippen molar-refractivity contribution < 1.29 is 4.42 Å². The molecule has 0 atom stereocenters. The lowest BCUT2D eigenvalue weighted by atomic mass is 10.1. The molecule has 0 aliphatic heterocycles. The molecule has 3 nitrogen and oxygen atoms in total. The highest BCUT2D eigenvalue weighted by Gasteiger charge is 2.12. The van der Waals surface area contributed by atoms with E-state index in [4.69, 9.17) is 10.2 Å². The minimum atomic E-state index is -0.134. The summed E-state index contributed by atoms with van der Waals surface area (Å²) in [6.45, 7) is 4.06. The van der Waals surface area contributed by atoms with Gasteiger partial charge in [0.25, 0.3) is 0 Å². The minimum Gasteiger partial charge on any atom is -0.444 e. The number of hydrogen-bond donors (Lipinski definition) is 1. The first-order valence-corrected chi connectivity index (χ1v) is 7.43. The molecule has 0 unspecified atom stereocenters. The standard InChI is InChI=1S/C12H16N2OS2/c1-12(2,13)8-16-7-9-6-15-11(14-9)10-4-3-5-17-10/h3-6H,7-8,13H2,1-2H3. The maximum Gasteiger partial charge on any atom is 0.236 e. The van der Waals surface area contributed by atoms with Crippen LogP contribution >= 0.6 is 23.1 Å². The Balaban J connectivity index is 1.91. The van der Waals surface area contributed by atoms with E-state index in [1.54, 1.807) is 29.4 Å². The van der Waals surface area contributed by atoms with E-state index in [0.29, 0.717) is 5.89 Å². The van der Waals surface area contributed by atoms with Crippen LogP contribution in [0.4, 0.5) is 0 Å². The molecule has 2 heterocycles. The number of thiophene rings is 1. The highest BCUT2D eigenvalue weighted by molar-refractivity contribution is 7.98. The van der Waals surface area contributed by atoms with E-state index in [0.717, 1.165) is 22.1 Å². The molecular weight excluding hydrogens is 252 g/mol. The monoisotopic (exact) mass is 268 g/mol. The first-order valence-electron chi connectivity index (χ1n) is 5.39. The lowest BCUT2D eigenvalue weighted by Gasteiger charge is -2.16. The van der Waals surface area contributed by atoms with Crippen LogP contribution in [0.15, 0.2) is 28.2 Å². The quantitative estimate of drug-likeness (QED) is 0.903. The van der Waals surface area contributed by atoms with Crippen molar-refractivity contribution >= 4 is 23.1 Å². The molecule has 2 aromatic rings. The fraction of sp³-hybridized carbons (Fsp3) is 0.417. The van der Waals surface area contributed by atoms with Gasteiger partial charge in [-0.15, -0.1) is 11.3 Å². The Morgan fingerprint density at radius 1 is 1.53 bits per heavy atom. The molecule has 17 heavy (non-hydrogen) atoms. The fourth-order valence-corrected chi connectivity index (χ4v) is 2.93. The van der Waals surface area contributed by atoms with Crippen molar-refractivity contribution in [1.29, 1.82) is 0 Å². The molecule has 0 fully saturated rings. The third-order valence-corrected chi connectivity index (χ3v) is 4.31. The number of rotatable bonds is 5. The van der Waals surface area contributed by atoms with Gasteiger partial charge in [0.15, 0.2) is 0 Å². The molecular formula is C12H16N2OS2. The SMILES string of the molecule is CC(C)(N)CSCc1coc(-c2cccs2)n1. The van der Waals surface area contributed by atoms with Crippen LogP contribution in [-0.4, -0.2) is 16.3 Å². The normalized spacial score (nSPS) is 11.9. The molecule has 2 aromatic heterocycles. The summed E-state index contributed by atoms with van der Waals surface area (Å²) in [5, 5.41) is 2.02. The van der Waals surface area contributed by atoms with Gasteiger partial charge in [0.2, 0.25) is 5.89 Å². The molecule has 0 radical (unpaired) electrons. The number of nitrogens with two attached hydrogens (primary N) is 1. The van der Waals surface area contributed by atoms with Crippen molar-refractivity contribution in [3.8, 4) is 10.8 Å². The molecule has 0 aromatic carbocycles. The second kappa shape index (κ2) is 5.25. The zero-order valence-corrected chi connectivity index (χ0v) is 11.6. The second-order valence-corrected chi connectivity index (χ2v) is 6.54. The third kappa shape index (κ3) is 3.87. The topological polar surface area (TPSA) is 52.0 Å². The predicted molar refractivity (Wildman–Crippen MR) is 74.2 cm³/mol. The van der Waals surface area contributed by atoms with Gasteiger partial charge in [-0.1, -0.05) is 6.07 Å². The van der Waals surface area contributed by atoms with E-state index >= 15 is 0 Å². The average molecular weight is 268 g/mol. The van der Waals surface area contributed by atoms with Gasteiger partial charge in [0, 0.05) is 17.0 Å². The number of thioether (sulfide) groups is 1. The Morgan fingerprint density at radius 3 is 3.00 bits per heavy atom. The summed E-state index contributed by atoms with van der Waals surface area (Å²) in [5.74, 6) is 2.46. The first kappa shape index (κ1) is 12.7. The maximum absolute atomic E-state index is 5.92. The van der Waals surface area contributed by atoms with Crippen LogP contribution in [0.1, 0.15) is 19.5 Å². The number of oxazole rings is 1. The highest BCUT2D eigenvalue weighted by atomic mass is 32.2. The van der Waals surface area contributed by atoms with Crippen molar-refractivity contribution in [3.63, 3.8) is 0 Å². The Hall–Kier alpha value is -0.780. The van der Waals surface area contributed by atoms with E-state index in [1.165, 1.54) is 0 Å². The van der Waals surface area contributed by atoms with Gasteiger partial charge in [-0.25, -0.2) is 4.98 Å². The average Bonchev–Trinajstić information content (AvgIpc) is 2.83. The van der Waals surface area contributed by atoms with E-state index in [1.807, 2.05) is 31.4 Å². The molecule has 0 amide bonds. The lowest BCUT2D eigenvalue weighted by molar-refractivity contribution is 0.574. The lowest BCUT2D eigenvalue weighted by Crippen LogP contribution is -2.34. The minimum absolute atomic E-state index is 0.134. The molecule has 0 bridgehead atoms. The third-order valence-electron chi connectivity index (χ3n) is 2.01. The number of nitrogens with zero attached hydrogens (tertiary/aromatic N) is 1. The van der Waals surface area contributed by atoms with Crippen molar-refractivity contribution in [2.24, 2.45) is 5.73 Å². The van der Waals surface area contributed by atoms with Gasteiger partial charge >= 0.3 is 0 Å². The molecule has 0 spiro atoms. The first-order chi connectivity index (χ1) is 8.04. The largest absolute Gasteiger partial charge is 0.444 e. The second-order valence-electron chi connectivity index (χ2n) is 4.60. The van der Waals surface area contributed by atoms with Gasteiger partial charge in [-0.3, -0.25) is 0 Å².